The lowest BCUT2D eigenvalue weighted by molar-refractivity contribution is -0.138. The van der Waals surface area contributed by atoms with E-state index in [4.69, 9.17) is 9.47 Å². The molecular weight excluding hydrogens is 492 g/mol. The van der Waals surface area contributed by atoms with Crippen LogP contribution in [-0.4, -0.2) is 119 Å². The molecule has 1 saturated heterocycles. The van der Waals surface area contributed by atoms with E-state index < -0.39 is 10.0 Å². The van der Waals surface area contributed by atoms with Crippen LogP contribution in [0.5, 0.6) is 5.75 Å². The Bertz CT molecular complexity index is 987. The molecule has 9 nitrogen and oxygen atoms in total. The number of ether oxygens (including phenoxy) is 2. The Hall–Kier alpha value is -1.72. The summed E-state index contributed by atoms with van der Waals surface area (Å²) in [5, 5.41) is 0. The van der Waals surface area contributed by atoms with Crippen molar-refractivity contribution in [3.05, 3.63) is 23.3 Å². The monoisotopic (exact) mass is 538 g/mol. The summed E-state index contributed by atoms with van der Waals surface area (Å²) in [5.41, 5.74) is 1.28. The maximum atomic E-state index is 13.2. The lowest BCUT2D eigenvalue weighted by Crippen LogP contribution is -2.53. The Labute approximate surface area is 223 Å². The topological polar surface area (TPSA) is 82.6 Å². The van der Waals surface area contributed by atoms with Crippen LogP contribution < -0.4 is 4.74 Å². The summed E-state index contributed by atoms with van der Waals surface area (Å²) in [5.74, 6) is 0.583. The Morgan fingerprint density at radius 3 is 2.32 bits per heavy atom. The van der Waals surface area contributed by atoms with Crippen LogP contribution in [0.25, 0.3) is 0 Å². The van der Waals surface area contributed by atoms with E-state index >= 15 is 0 Å². The second-order valence-corrected chi connectivity index (χ2v) is 12.4. The van der Waals surface area contributed by atoms with E-state index in [2.05, 4.69) is 16.7 Å². The Morgan fingerprint density at radius 2 is 1.73 bits per heavy atom. The summed E-state index contributed by atoms with van der Waals surface area (Å²) >= 11 is 0. The van der Waals surface area contributed by atoms with Gasteiger partial charge in [-0.2, -0.15) is 4.31 Å². The van der Waals surface area contributed by atoms with Gasteiger partial charge in [0.05, 0.1) is 18.6 Å². The van der Waals surface area contributed by atoms with E-state index in [0.717, 1.165) is 52.0 Å². The quantitative estimate of drug-likeness (QED) is 0.400. The van der Waals surface area contributed by atoms with E-state index in [1.165, 1.54) is 17.8 Å². The van der Waals surface area contributed by atoms with Crippen LogP contribution in [0.3, 0.4) is 0 Å². The fourth-order valence-corrected chi connectivity index (χ4v) is 7.19. The first-order valence-electron chi connectivity index (χ1n) is 13.5. The minimum absolute atomic E-state index is 0.0404. The van der Waals surface area contributed by atoms with Gasteiger partial charge in [0.1, 0.15) is 12.4 Å². The molecule has 0 aromatic heterocycles. The Morgan fingerprint density at radius 1 is 1.08 bits per heavy atom. The van der Waals surface area contributed by atoms with Crippen molar-refractivity contribution in [2.45, 2.75) is 63.4 Å². The second-order valence-electron chi connectivity index (χ2n) is 10.4. The van der Waals surface area contributed by atoms with Crippen LogP contribution in [-0.2, 0) is 19.6 Å². The zero-order chi connectivity index (χ0) is 27.2. The molecule has 1 amide bonds. The van der Waals surface area contributed by atoms with Crippen molar-refractivity contribution >= 4 is 15.9 Å². The maximum Gasteiger partial charge on any atom is 0.248 e. The van der Waals surface area contributed by atoms with Crippen molar-refractivity contribution in [1.29, 1.82) is 0 Å². The van der Waals surface area contributed by atoms with Gasteiger partial charge >= 0.3 is 0 Å². The third-order valence-electron chi connectivity index (χ3n) is 8.04. The normalized spacial score (nSPS) is 21.8. The molecule has 2 aliphatic rings. The van der Waals surface area contributed by atoms with Crippen LogP contribution in [0.2, 0.25) is 0 Å². The number of hydrogen-bond donors (Lipinski definition) is 0. The van der Waals surface area contributed by atoms with Gasteiger partial charge in [0.2, 0.25) is 15.9 Å². The van der Waals surface area contributed by atoms with Crippen molar-refractivity contribution in [3.63, 3.8) is 0 Å². The van der Waals surface area contributed by atoms with Gasteiger partial charge < -0.3 is 19.3 Å². The molecule has 1 aliphatic carbocycles. The number of rotatable bonds is 11. The van der Waals surface area contributed by atoms with Crippen LogP contribution >= 0.6 is 0 Å². The van der Waals surface area contributed by atoms with Crippen molar-refractivity contribution in [3.8, 4) is 5.75 Å². The molecule has 3 rings (SSSR count). The molecule has 10 heteroatoms. The van der Waals surface area contributed by atoms with Crippen molar-refractivity contribution in [2.75, 3.05) is 73.7 Å². The highest BCUT2D eigenvalue weighted by Crippen LogP contribution is 2.28. The lowest BCUT2D eigenvalue weighted by Gasteiger charge is -2.43. The highest BCUT2D eigenvalue weighted by molar-refractivity contribution is 7.89. The molecule has 0 radical (unpaired) electrons. The fraction of sp³-hybridized carbons (Fsp3) is 0.741. The first-order chi connectivity index (χ1) is 17.6. The Balaban J connectivity index is 1.46. The van der Waals surface area contributed by atoms with Gasteiger partial charge in [-0.05, 0) is 69.3 Å². The van der Waals surface area contributed by atoms with Crippen molar-refractivity contribution in [1.82, 2.24) is 19.0 Å². The molecule has 1 aliphatic heterocycles. The van der Waals surface area contributed by atoms with Crippen molar-refractivity contribution < 1.29 is 22.7 Å². The highest BCUT2D eigenvalue weighted by atomic mass is 32.2. The summed E-state index contributed by atoms with van der Waals surface area (Å²) in [6.45, 7) is 11.6. The molecular formula is C27H46N4O5S. The lowest BCUT2D eigenvalue weighted by atomic mass is 9.88. The smallest absolute Gasteiger partial charge is 0.248 e. The van der Waals surface area contributed by atoms with Crippen molar-refractivity contribution in [2.24, 2.45) is 0 Å². The minimum atomic E-state index is -3.69. The maximum absolute atomic E-state index is 13.2. The number of benzene rings is 1. The summed E-state index contributed by atoms with van der Waals surface area (Å²) < 4.78 is 38.5. The van der Waals surface area contributed by atoms with Crippen LogP contribution in [0, 0.1) is 13.8 Å². The van der Waals surface area contributed by atoms with E-state index in [1.54, 1.807) is 33.1 Å². The van der Waals surface area contributed by atoms with Crippen LogP contribution in [0.15, 0.2) is 17.0 Å². The van der Waals surface area contributed by atoms with Gasteiger partial charge in [-0.3, -0.25) is 9.69 Å². The zero-order valence-electron chi connectivity index (χ0n) is 23.5. The number of aryl methyl sites for hydroxylation is 2. The third-order valence-corrected chi connectivity index (χ3v) is 10.2. The van der Waals surface area contributed by atoms with E-state index in [1.807, 2.05) is 11.9 Å². The largest absolute Gasteiger partial charge is 0.497 e. The molecule has 1 saturated carbocycles. The van der Waals surface area contributed by atoms with Crippen LogP contribution in [0.1, 0.15) is 43.7 Å². The van der Waals surface area contributed by atoms with Gasteiger partial charge in [-0.1, -0.05) is 6.92 Å². The molecule has 0 spiro atoms. The zero-order valence-corrected chi connectivity index (χ0v) is 24.3. The summed E-state index contributed by atoms with van der Waals surface area (Å²) in [6, 6.07) is 4.21. The first-order valence-corrected chi connectivity index (χ1v) is 14.9. The number of carbonyl (C=O) groups excluding carboxylic acids is 1. The number of nitrogens with zero attached hydrogens (tertiary/aromatic N) is 4. The van der Waals surface area contributed by atoms with E-state index in [-0.39, 0.29) is 36.6 Å². The number of sulfonamides is 1. The molecule has 2 atom stereocenters. The molecule has 1 aromatic rings. The van der Waals surface area contributed by atoms with E-state index in [0.29, 0.717) is 22.9 Å². The van der Waals surface area contributed by atoms with E-state index in [9.17, 15) is 13.2 Å². The van der Waals surface area contributed by atoms with Gasteiger partial charge in [-0.15, -0.1) is 0 Å². The first kappa shape index (κ1) is 29.8. The summed E-state index contributed by atoms with van der Waals surface area (Å²) in [7, 11) is 1.29. The number of piperazine rings is 1. The number of likely N-dealkylation sites (N-methyl/N-ethyl adjacent to an activating group) is 3. The molecule has 1 aromatic carbocycles. The molecule has 0 N–H and O–H groups in total. The molecule has 2 fully saturated rings. The average molecular weight is 539 g/mol. The predicted octanol–water partition coefficient (Wildman–Crippen LogP) is 2.36. The summed E-state index contributed by atoms with van der Waals surface area (Å²) in [6.07, 6.45) is 4.37. The van der Waals surface area contributed by atoms with Gasteiger partial charge in [0.15, 0.2) is 0 Å². The minimum Gasteiger partial charge on any atom is -0.497 e. The molecule has 1 heterocycles. The van der Waals surface area contributed by atoms with Gasteiger partial charge in [0.25, 0.3) is 0 Å². The molecule has 1 unspecified atom stereocenters. The highest BCUT2D eigenvalue weighted by Gasteiger charge is 2.32. The molecule has 0 bridgehead atoms. The van der Waals surface area contributed by atoms with Crippen LogP contribution in [0.4, 0.5) is 0 Å². The standard InChI is InChI=1S/C27H46N4O5S/c1-7-30-11-13-31(14-12-30)24-10-8-9-23(19-24)29(5)26(32)20-36-16-15-28(4)37(33,34)27-21(2)17-25(35-6)18-22(27)3/h17-18,23-24H,7-16,19-20H2,1-6H3/t23-,24?/m0/s1. The SMILES string of the molecule is CCN1CCN(C2CCC[C@H](N(C)C(=O)COCCN(C)S(=O)(=O)c3c(C)cc(OC)cc3C)C2)CC1. The number of methoxy groups -OCH3 is 1. The Kier molecular flexibility index (Phi) is 10.8. The molecule has 37 heavy (non-hydrogen) atoms. The number of carbonyl (C=O) groups is 1. The average Bonchev–Trinajstić information content (AvgIpc) is 2.89. The number of amides is 1. The predicted molar refractivity (Wildman–Crippen MR) is 146 cm³/mol. The number of hydrogen-bond acceptors (Lipinski definition) is 7. The van der Waals surface area contributed by atoms with Gasteiger partial charge in [-0.25, -0.2) is 8.42 Å². The summed E-state index contributed by atoms with van der Waals surface area (Å²) in [4.78, 5) is 20.1. The second kappa shape index (κ2) is 13.4. The molecule has 210 valence electrons. The third kappa shape index (κ3) is 7.44. The van der Waals surface area contributed by atoms with Gasteiger partial charge in [0, 0.05) is 58.9 Å². The fourth-order valence-electron chi connectivity index (χ4n) is 5.64.